The maximum Gasteiger partial charge on any atom is 0.128 e. The highest BCUT2D eigenvalue weighted by atomic mass is 79.9. The molecule has 0 fully saturated rings. The zero-order valence-corrected chi connectivity index (χ0v) is 10.8. The van der Waals surface area contributed by atoms with Gasteiger partial charge < -0.3 is 4.74 Å². The van der Waals surface area contributed by atoms with Crippen LogP contribution in [0.3, 0.4) is 0 Å². The van der Waals surface area contributed by atoms with E-state index in [-0.39, 0.29) is 12.4 Å². The minimum Gasteiger partial charge on any atom is -0.368 e. The fourth-order valence-corrected chi connectivity index (χ4v) is 1.74. The molecule has 4 heteroatoms. The van der Waals surface area contributed by atoms with Crippen LogP contribution in [0.2, 0.25) is 0 Å². The van der Waals surface area contributed by atoms with E-state index in [1.165, 1.54) is 6.07 Å². The smallest absolute Gasteiger partial charge is 0.128 e. The molecule has 0 spiro atoms. The lowest BCUT2D eigenvalue weighted by Gasteiger charge is -2.25. The zero-order chi connectivity index (χ0) is 11.3. The van der Waals surface area contributed by atoms with Gasteiger partial charge in [-0.1, -0.05) is 34.1 Å². The molecule has 0 heterocycles. The van der Waals surface area contributed by atoms with Crippen LogP contribution in [-0.4, -0.2) is 16.8 Å². The number of hydrogen-bond donors (Lipinski definition) is 0. The topological polar surface area (TPSA) is 9.23 Å². The third-order valence-corrected chi connectivity index (χ3v) is 3.85. The van der Waals surface area contributed by atoms with Crippen LogP contribution in [0.25, 0.3) is 0 Å². The van der Waals surface area contributed by atoms with Crippen LogP contribution in [0, 0.1) is 5.82 Å². The largest absolute Gasteiger partial charge is 0.368 e. The van der Waals surface area contributed by atoms with Crippen molar-refractivity contribution in [2.24, 2.45) is 0 Å². The van der Waals surface area contributed by atoms with Gasteiger partial charge >= 0.3 is 0 Å². The minimum absolute atomic E-state index is 0.238. The van der Waals surface area contributed by atoms with E-state index in [2.05, 4.69) is 15.9 Å². The van der Waals surface area contributed by atoms with Gasteiger partial charge in [0.2, 0.25) is 0 Å². The second kappa shape index (κ2) is 5.83. The van der Waals surface area contributed by atoms with Crippen molar-refractivity contribution in [2.45, 2.75) is 19.1 Å². The summed E-state index contributed by atoms with van der Waals surface area (Å²) in [5, 5.41) is 0.623. The Morgan fingerprint density at radius 2 is 2.13 bits per heavy atom. The summed E-state index contributed by atoms with van der Waals surface area (Å²) in [4.78, 5) is 0. The Morgan fingerprint density at radius 1 is 1.47 bits per heavy atom. The molecule has 0 N–H and O–H groups in total. The van der Waals surface area contributed by atoms with Crippen LogP contribution in [-0.2, 0) is 11.3 Å². The van der Waals surface area contributed by atoms with Crippen LogP contribution < -0.4 is 0 Å². The monoisotopic (exact) mass is 294 g/mol. The molecule has 0 saturated carbocycles. The Balaban J connectivity index is 2.61. The van der Waals surface area contributed by atoms with Crippen molar-refractivity contribution in [2.75, 3.05) is 11.2 Å². The van der Waals surface area contributed by atoms with Crippen LogP contribution in [0.5, 0.6) is 0 Å². The first-order valence-electron chi connectivity index (χ1n) is 4.60. The first-order valence-corrected chi connectivity index (χ1v) is 6.26. The lowest BCUT2D eigenvalue weighted by molar-refractivity contribution is -0.00886. The van der Waals surface area contributed by atoms with E-state index >= 15 is 0 Å². The predicted molar refractivity (Wildman–Crippen MR) is 64.1 cm³/mol. The second-order valence-electron chi connectivity index (χ2n) is 3.60. The van der Waals surface area contributed by atoms with E-state index in [1.54, 1.807) is 18.2 Å². The summed E-state index contributed by atoms with van der Waals surface area (Å²) >= 11 is 9.09. The molecule has 0 aromatic heterocycles. The molecule has 15 heavy (non-hydrogen) atoms. The lowest BCUT2D eigenvalue weighted by Crippen LogP contribution is -2.32. The summed E-state index contributed by atoms with van der Waals surface area (Å²) < 4.78 is 18.8. The fourth-order valence-electron chi connectivity index (χ4n) is 0.980. The molecule has 1 atom stereocenters. The van der Waals surface area contributed by atoms with Gasteiger partial charge in [0, 0.05) is 10.9 Å². The van der Waals surface area contributed by atoms with Gasteiger partial charge in [0.25, 0.3) is 0 Å². The Hall–Kier alpha value is -0.120. The normalized spacial score (nSPS) is 14.9. The molecular formula is C11H13BrClFO. The minimum atomic E-state index is -0.455. The summed E-state index contributed by atoms with van der Waals surface area (Å²) in [6, 6.07) is 6.57. The van der Waals surface area contributed by atoms with Crippen molar-refractivity contribution in [3.8, 4) is 0 Å². The molecule has 0 radical (unpaired) electrons. The standard InChI is InChI=1S/C11H13BrClFO/c1-11(7-12,8-13)15-6-9-4-2-3-5-10(9)14/h2-5H,6-8H2,1H3. The van der Waals surface area contributed by atoms with E-state index in [0.717, 1.165) is 0 Å². The highest BCUT2D eigenvalue weighted by molar-refractivity contribution is 9.09. The van der Waals surface area contributed by atoms with Crippen molar-refractivity contribution in [3.63, 3.8) is 0 Å². The number of ether oxygens (including phenoxy) is 1. The number of halogens is 3. The molecule has 0 aliphatic carbocycles. The van der Waals surface area contributed by atoms with Gasteiger partial charge in [0.1, 0.15) is 5.82 Å². The quantitative estimate of drug-likeness (QED) is 0.752. The molecular weight excluding hydrogens is 282 g/mol. The Kier molecular flexibility index (Phi) is 5.03. The van der Waals surface area contributed by atoms with Gasteiger partial charge in [0.15, 0.2) is 0 Å². The Morgan fingerprint density at radius 3 is 2.67 bits per heavy atom. The van der Waals surface area contributed by atoms with E-state index in [1.807, 2.05) is 6.92 Å². The molecule has 0 bridgehead atoms. The molecule has 1 unspecified atom stereocenters. The highest BCUT2D eigenvalue weighted by Crippen LogP contribution is 2.19. The van der Waals surface area contributed by atoms with Crippen molar-refractivity contribution in [3.05, 3.63) is 35.6 Å². The third kappa shape index (κ3) is 3.74. The van der Waals surface area contributed by atoms with Gasteiger partial charge in [-0.3, -0.25) is 0 Å². The second-order valence-corrected chi connectivity index (χ2v) is 4.43. The summed E-state index contributed by atoms with van der Waals surface area (Å²) in [6.45, 7) is 2.12. The van der Waals surface area contributed by atoms with E-state index in [9.17, 15) is 4.39 Å². The van der Waals surface area contributed by atoms with Gasteiger partial charge in [-0.2, -0.15) is 0 Å². The molecule has 84 valence electrons. The maximum absolute atomic E-state index is 13.2. The summed E-state index contributed by atoms with van der Waals surface area (Å²) in [5.74, 6) is 0.121. The van der Waals surface area contributed by atoms with E-state index < -0.39 is 5.60 Å². The first kappa shape index (κ1) is 12.9. The van der Waals surface area contributed by atoms with Crippen molar-refractivity contribution >= 4 is 27.5 Å². The van der Waals surface area contributed by atoms with Gasteiger partial charge in [0.05, 0.1) is 18.1 Å². The average molecular weight is 296 g/mol. The molecule has 0 aliphatic heterocycles. The Labute approximate surface area is 103 Å². The van der Waals surface area contributed by atoms with Crippen LogP contribution in [0.4, 0.5) is 4.39 Å². The molecule has 0 saturated heterocycles. The van der Waals surface area contributed by atoms with Gasteiger partial charge in [-0.25, -0.2) is 4.39 Å². The summed E-state index contributed by atoms with van der Waals surface area (Å²) in [7, 11) is 0. The first-order chi connectivity index (χ1) is 7.11. The summed E-state index contributed by atoms with van der Waals surface area (Å²) in [5.41, 5.74) is 0.0962. The van der Waals surface area contributed by atoms with Gasteiger partial charge in [-0.05, 0) is 13.0 Å². The van der Waals surface area contributed by atoms with E-state index in [0.29, 0.717) is 16.8 Å². The third-order valence-electron chi connectivity index (χ3n) is 2.10. The maximum atomic E-state index is 13.2. The van der Waals surface area contributed by atoms with Crippen molar-refractivity contribution in [1.29, 1.82) is 0 Å². The molecule has 1 aromatic rings. The SMILES string of the molecule is CC(CCl)(CBr)OCc1ccccc1F. The molecule has 0 aliphatic rings. The molecule has 1 aromatic carbocycles. The predicted octanol–water partition coefficient (Wildman–Crippen LogP) is 3.73. The number of alkyl halides is 2. The fraction of sp³-hybridized carbons (Fsp3) is 0.455. The lowest BCUT2D eigenvalue weighted by atomic mass is 10.1. The highest BCUT2D eigenvalue weighted by Gasteiger charge is 2.22. The average Bonchev–Trinajstić information content (AvgIpc) is 2.28. The molecule has 1 nitrogen and oxygen atoms in total. The molecule has 1 rings (SSSR count). The van der Waals surface area contributed by atoms with Crippen LogP contribution >= 0.6 is 27.5 Å². The van der Waals surface area contributed by atoms with Crippen LogP contribution in [0.1, 0.15) is 12.5 Å². The zero-order valence-electron chi connectivity index (χ0n) is 8.47. The van der Waals surface area contributed by atoms with Gasteiger partial charge in [-0.15, -0.1) is 11.6 Å². The Bertz CT molecular complexity index is 315. The molecule has 0 amide bonds. The number of hydrogen-bond acceptors (Lipinski definition) is 1. The summed E-state index contributed by atoms with van der Waals surface area (Å²) in [6.07, 6.45) is 0. The van der Waals surface area contributed by atoms with Crippen molar-refractivity contribution < 1.29 is 9.13 Å². The number of benzene rings is 1. The van der Waals surface area contributed by atoms with Crippen molar-refractivity contribution in [1.82, 2.24) is 0 Å². The number of rotatable bonds is 5. The van der Waals surface area contributed by atoms with E-state index in [4.69, 9.17) is 16.3 Å². The van der Waals surface area contributed by atoms with Crippen LogP contribution in [0.15, 0.2) is 24.3 Å².